The molecule has 3 aromatic rings. The second-order valence-corrected chi connectivity index (χ2v) is 11.0. The molecule has 1 atom stereocenters. The molecular weight excluding hydrogens is 548 g/mol. The lowest BCUT2D eigenvalue weighted by atomic mass is 9.76. The fourth-order valence-electron chi connectivity index (χ4n) is 5.72. The van der Waals surface area contributed by atoms with Crippen molar-refractivity contribution in [1.29, 1.82) is 0 Å². The van der Waals surface area contributed by atoms with E-state index in [4.69, 9.17) is 5.11 Å². The van der Waals surface area contributed by atoms with Gasteiger partial charge < -0.3 is 15.7 Å². The summed E-state index contributed by atoms with van der Waals surface area (Å²) >= 11 is 0. The summed E-state index contributed by atoms with van der Waals surface area (Å²) in [7, 11) is 0. The van der Waals surface area contributed by atoms with Gasteiger partial charge in [0, 0.05) is 18.9 Å². The lowest BCUT2D eigenvalue weighted by molar-refractivity contribution is -0.138. The molecule has 0 spiro atoms. The number of amides is 2. The third-order valence-electron chi connectivity index (χ3n) is 7.82. The number of rotatable bonds is 12. The van der Waals surface area contributed by atoms with Gasteiger partial charge >= 0.3 is 18.2 Å². The van der Waals surface area contributed by atoms with Gasteiger partial charge in [0.05, 0.1) is 11.1 Å². The van der Waals surface area contributed by atoms with Gasteiger partial charge in [-0.3, -0.25) is 4.79 Å². The summed E-state index contributed by atoms with van der Waals surface area (Å²) in [6.45, 7) is 0. The van der Waals surface area contributed by atoms with Gasteiger partial charge in [-0.05, 0) is 72.6 Å². The number of carbonyl (C=O) groups is 2. The quantitative estimate of drug-likeness (QED) is 0.150. The number of aryl methyl sites for hydroxylation is 1. The van der Waals surface area contributed by atoms with Crippen LogP contribution in [0.3, 0.4) is 0 Å². The Bertz CT molecular complexity index is 1360. The summed E-state index contributed by atoms with van der Waals surface area (Å²) < 4.78 is 56.6. The van der Waals surface area contributed by atoms with Gasteiger partial charge in [-0.25, -0.2) is 9.18 Å². The van der Waals surface area contributed by atoms with Crippen molar-refractivity contribution in [3.8, 4) is 0 Å². The molecule has 0 bridgehead atoms. The molecule has 0 radical (unpaired) electrons. The van der Waals surface area contributed by atoms with Crippen molar-refractivity contribution in [2.45, 2.75) is 82.0 Å². The largest absolute Gasteiger partial charge is 0.481 e. The molecule has 3 N–H and O–H groups in total. The van der Waals surface area contributed by atoms with Crippen LogP contribution in [0.2, 0.25) is 0 Å². The van der Waals surface area contributed by atoms with Gasteiger partial charge in [-0.15, -0.1) is 0 Å². The average molecular weight is 585 g/mol. The monoisotopic (exact) mass is 584 g/mol. The van der Waals surface area contributed by atoms with E-state index in [-0.39, 0.29) is 24.4 Å². The topological polar surface area (TPSA) is 78.4 Å². The molecular formula is C33H36F4N2O3. The van der Waals surface area contributed by atoms with Crippen LogP contribution in [0.4, 0.5) is 22.4 Å². The highest BCUT2D eigenvalue weighted by Crippen LogP contribution is 2.39. The second kappa shape index (κ2) is 13.9. The molecule has 1 saturated carbocycles. The van der Waals surface area contributed by atoms with E-state index >= 15 is 0 Å². The maximum Gasteiger partial charge on any atom is 0.416 e. The molecule has 4 rings (SSSR count). The minimum atomic E-state index is -4.79. The summed E-state index contributed by atoms with van der Waals surface area (Å²) in [5.41, 5.74) is -0.539. The molecule has 1 unspecified atom stereocenters. The van der Waals surface area contributed by atoms with Crippen molar-refractivity contribution in [3.63, 3.8) is 0 Å². The third-order valence-corrected chi connectivity index (χ3v) is 7.82. The zero-order valence-corrected chi connectivity index (χ0v) is 23.4. The highest BCUT2D eigenvalue weighted by molar-refractivity contribution is 5.76. The number of hydrogen-bond acceptors (Lipinski definition) is 2. The lowest BCUT2D eigenvalue weighted by Gasteiger charge is -2.37. The Morgan fingerprint density at radius 2 is 1.50 bits per heavy atom. The molecule has 1 aliphatic carbocycles. The normalized spacial score (nSPS) is 15.2. The van der Waals surface area contributed by atoms with Crippen molar-refractivity contribution in [2.24, 2.45) is 0 Å². The Kier molecular flexibility index (Phi) is 10.2. The molecule has 3 aromatic carbocycles. The first-order chi connectivity index (χ1) is 20.0. The molecule has 0 aromatic heterocycles. The van der Waals surface area contributed by atoms with Crippen LogP contribution in [0.15, 0.2) is 72.8 Å². The highest BCUT2D eigenvalue weighted by Gasteiger charge is 2.40. The number of alkyl halides is 3. The van der Waals surface area contributed by atoms with E-state index in [1.54, 1.807) is 24.3 Å². The minimum Gasteiger partial charge on any atom is -0.481 e. The number of benzene rings is 3. The molecule has 0 aliphatic heterocycles. The van der Waals surface area contributed by atoms with Crippen LogP contribution in [0.25, 0.3) is 0 Å². The molecule has 224 valence electrons. The first-order valence-electron chi connectivity index (χ1n) is 14.4. The van der Waals surface area contributed by atoms with Gasteiger partial charge in [-0.1, -0.05) is 73.9 Å². The second-order valence-electron chi connectivity index (χ2n) is 11.0. The Labute approximate surface area is 243 Å². The Morgan fingerprint density at radius 3 is 2.19 bits per heavy atom. The number of nitrogens with one attached hydrogen (secondary N) is 2. The SMILES string of the molecule is O=C(O)CCCCCc1cccc(C(Cc2ccccc2)(NC(=O)NC2CCCC2)c2cc(F)cc(C(F)(F)F)c2)c1. The van der Waals surface area contributed by atoms with E-state index in [2.05, 4.69) is 10.6 Å². The van der Waals surface area contributed by atoms with Crippen molar-refractivity contribution in [1.82, 2.24) is 10.6 Å². The van der Waals surface area contributed by atoms with E-state index in [0.29, 0.717) is 30.9 Å². The highest BCUT2D eigenvalue weighted by atomic mass is 19.4. The first-order valence-corrected chi connectivity index (χ1v) is 14.4. The molecule has 9 heteroatoms. The van der Waals surface area contributed by atoms with Gasteiger partial charge in [0.15, 0.2) is 0 Å². The summed E-state index contributed by atoms with van der Waals surface area (Å²) in [6.07, 6.45) is 1.53. The molecule has 42 heavy (non-hydrogen) atoms. The Morgan fingerprint density at radius 1 is 0.810 bits per heavy atom. The lowest BCUT2D eigenvalue weighted by Crippen LogP contribution is -2.53. The molecule has 5 nitrogen and oxygen atoms in total. The van der Waals surface area contributed by atoms with Gasteiger partial charge in [0.25, 0.3) is 0 Å². The number of unbranched alkanes of at least 4 members (excludes halogenated alkanes) is 2. The molecule has 1 fully saturated rings. The van der Waals surface area contributed by atoms with Crippen LogP contribution < -0.4 is 10.6 Å². The predicted molar refractivity (Wildman–Crippen MR) is 153 cm³/mol. The van der Waals surface area contributed by atoms with E-state index in [1.165, 1.54) is 0 Å². The Balaban J connectivity index is 1.80. The van der Waals surface area contributed by atoms with E-state index in [0.717, 1.165) is 55.4 Å². The number of carboxylic acids is 1. The number of aliphatic carboxylic acids is 1. The van der Waals surface area contributed by atoms with Crippen LogP contribution in [-0.2, 0) is 29.4 Å². The number of urea groups is 1. The maximum absolute atomic E-state index is 14.9. The van der Waals surface area contributed by atoms with Crippen LogP contribution in [0.5, 0.6) is 0 Å². The predicted octanol–water partition coefficient (Wildman–Crippen LogP) is 7.76. The van der Waals surface area contributed by atoms with E-state index in [9.17, 15) is 27.2 Å². The zero-order chi connectivity index (χ0) is 30.2. The number of hydrogen-bond donors (Lipinski definition) is 3. The van der Waals surface area contributed by atoms with Crippen LogP contribution in [0, 0.1) is 5.82 Å². The maximum atomic E-state index is 14.9. The van der Waals surface area contributed by atoms with Gasteiger partial charge in [0.2, 0.25) is 0 Å². The number of carbonyl (C=O) groups excluding carboxylic acids is 1. The number of carboxylic acid groups (broad SMARTS) is 1. The average Bonchev–Trinajstić information content (AvgIpc) is 3.45. The van der Waals surface area contributed by atoms with Crippen LogP contribution >= 0.6 is 0 Å². The molecule has 1 aliphatic rings. The standard InChI is InChI=1S/C33H36F4N2O3/c34-28-20-26(19-27(21-28)33(35,36)37)32(22-24-11-4-1-5-12-24,39-31(42)38-29-15-7-8-16-29)25-14-9-13-23(18-25)10-3-2-6-17-30(40)41/h1,4-5,9,11-14,18-21,29H,2-3,6-8,10,15-17,22H2,(H,40,41)(H2,38,39,42). The summed E-state index contributed by atoms with van der Waals surface area (Å²) in [6, 6.07) is 18.2. The summed E-state index contributed by atoms with van der Waals surface area (Å²) in [5, 5.41) is 14.9. The van der Waals surface area contributed by atoms with Crippen molar-refractivity contribution in [3.05, 3.63) is 106 Å². The van der Waals surface area contributed by atoms with Crippen molar-refractivity contribution in [2.75, 3.05) is 0 Å². The van der Waals surface area contributed by atoms with Gasteiger partial charge in [0.1, 0.15) is 5.82 Å². The molecule has 2 amide bonds. The van der Waals surface area contributed by atoms with Crippen molar-refractivity contribution >= 4 is 12.0 Å². The fraction of sp³-hybridized carbons (Fsp3) is 0.394. The summed E-state index contributed by atoms with van der Waals surface area (Å²) in [5.74, 6) is -1.90. The smallest absolute Gasteiger partial charge is 0.416 e. The first kappa shape index (κ1) is 31.1. The third kappa shape index (κ3) is 8.33. The van der Waals surface area contributed by atoms with Crippen LogP contribution in [0.1, 0.15) is 79.2 Å². The van der Waals surface area contributed by atoms with Gasteiger partial charge in [-0.2, -0.15) is 13.2 Å². The van der Waals surface area contributed by atoms with E-state index in [1.807, 2.05) is 30.3 Å². The van der Waals surface area contributed by atoms with E-state index < -0.39 is 35.1 Å². The Hall–Kier alpha value is -3.88. The number of halogens is 4. The minimum absolute atomic E-state index is 0.0149. The van der Waals surface area contributed by atoms with Crippen molar-refractivity contribution < 1.29 is 32.3 Å². The fourth-order valence-corrected chi connectivity index (χ4v) is 5.72. The van der Waals surface area contributed by atoms with Crippen LogP contribution in [-0.4, -0.2) is 23.1 Å². The summed E-state index contributed by atoms with van der Waals surface area (Å²) in [4.78, 5) is 24.4. The molecule has 0 saturated heterocycles. The zero-order valence-electron chi connectivity index (χ0n) is 23.4. The molecule has 0 heterocycles.